The third kappa shape index (κ3) is 19.1. The van der Waals surface area contributed by atoms with Gasteiger partial charge in [0.2, 0.25) is 11.8 Å². The number of hydrogen-bond acceptors (Lipinski definition) is 14. The van der Waals surface area contributed by atoms with Gasteiger partial charge in [-0.25, -0.2) is 4.79 Å². The van der Waals surface area contributed by atoms with E-state index in [0.29, 0.717) is 24.2 Å². The van der Waals surface area contributed by atoms with Crippen LogP contribution in [0.3, 0.4) is 0 Å². The van der Waals surface area contributed by atoms with Gasteiger partial charge in [-0.3, -0.25) is 29.2 Å². The van der Waals surface area contributed by atoms with E-state index in [1.165, 1.54) is 4.90 Å². The van der Waals surface area contributed by atoms with Crippen LogP contribution >= 0.6 is 45.2 Å². The number of rotatable bonds is 18. The van der Waals surface area contributed by atoms with Crippen LogP contribution in [0.1, 0.15) is 43.4 Å². The molecule has 1 radical (unpaired) electrons. The molecule has 0 bridgehead atoms. The molecular formula is C39H51GdI2N6O11. The number of nitrogens with one attached hydrogen (secondary N) is 2. The van der Waals surface area contributed by atoms with Gasteiger partial charge in [-0.15, -0.1) is 0 Å². The number of aliphatic carboxylic acids is 4. The minimum Gasteiger partial charge on any atom is -0.549 e. The van der Waals surface area contributed by atoms with Crippen molar-refractivity contribution < 1.29 is 94.2 Å². The molecule has 2 unspecified atom stereocenters. The van der Waals surface area contributed by atoms with E-state index in [-0.39, 0.29) is 111 Å². The van der Waals surface area contributed by atoms with Gasteiger partial charge in [0.15, 0.2) is 0 Å². The fourth-order valence-corrected chi connectivity index (χ4v) is 8.44. The first-order valence-corrected chi connectivity index (χ1v) is 21.0. The van der Waals surface area contributed by atoms with Gasteiger partial charge in [-0.1, -0.05) is 38.1 Å². The number of carbonyl (C=O) groups is 6. The molecule has 2 amide bonds. The summed E-state index contributed by atoms with van der Waals surface area (Å²) in [5, 5.41) is 60.6. The van der Waals surface area contributed by atoms with Crippen molar-refractivity contribution in [2.75, 3.05) is 78.5 Å². The maximum Gasteiger partial charge on any atom is 3.00 e. The Labute approximate surface area is 403 Å². The zero-order chi connectivity index (χ0) is 43.1. The monoisotopic (exact) mass is 1190 g/mol. The Balaban J connectivity index is 0.0000120. The van der Waals surface area contributed by atoms with Crippen LogP contribution in [-0.4, -0.2) is 156 Å². The average Bonchev–Trinajstić information content (AvgIpc) is 3.13. The average molecular weight is 1190 g/mol. The predicted molar refractivity (Wildman–Crippen MR) is 223 cm³/mol. The Morgan fingerprint density at radius 3 is 1.44 bits per heavy atom. The van der Waals surface area contributed by atoms with Crippen LogP contribution in [0.2, 0.25) is 0 Å². The number of carbonyl (C=O) groups excluding carboxylic acids is 5. The number of benzene rings is 2. The van der Waals surface area contributed by atoms with Crippen molar-refractivity contribution in [1.29, 1.82) is 0 Å². The number of carboxylic acids is 4. The molecule has 4 N–H and O–H groups in total. The van der Waals surface area contributed by atoms with E-state index in [1.807, 2.05) is 69.4 Å². The summed E-state index contributed by atoms with van der Waals surface area (Å²) >= 11 is 3.85. The topological polar surface area (TPSA) is 249 Å². The normalized spacial score (nSPS) is 16.7. The summed E-state index contributed by atoms with van der Waals surface area (Å²) in [4.78, 5) is 81.8. The number of phenols is 1. The quantitative estimate of drug-likeness (QED) is 0.114. The maximum absolute atomic E-state index is 14.2. The van der Waals surface area contributed by atoms with E-state index in [2.05, 4.69) is 24.5 Å². The Hall–Kier alpha value is -2.32. The third-order valence-electron chi connectivity index (χ3n) is 9.71. The van der Waals surface area contributed by atoms with Crippen molar-refractivity contribution in [3.63, 3.8) is 0 Å². The molecule has 1 aliphatic heterocycles. The SMILES string of the molecule is CC(C)Cc1ccc(C(C)C(=O)NC(CN2CCN(CC(=O)[O-])CCN(CC(=O)[O-])CCN(CC(=O)[O-])CC2)C(=O)N[C@@H](Cc2cc(I)c(O)c(I)c2)C(=O)O)cc1.[Gd+3]. The Morgan fingerprint density at radius 2 is 1.05 bits per heavy atom. The van der Waals surface area contributed by atoms with E-state index in [0.717, 1.165) is 12.0 Å². The van der Waals surface area contributed by atoms with Gasteiger partial charge in [0.1, 0.15) is 17.8 Å². The molecule has 0 saturated carbocycles. The van der Waals surface area contributed by atoms with Crippen LogP contribution in [-0.2, 0) is 41.6 Å². The summed E-state index contributed by atoms with van der Waals surface area (Å²) in [6, 6.07) is 8.04. The number of hydrogen-bond donors (Lipinski definition) is 4. The first kappa shape index (κ1) is 52.8. The van der Waals surface area contributed by atoms with E-state index < -0.39 is 73.3 Å². The van der Waals surface area contributed by atoms with E-state index in [9.17, 15) is 54.3 Å². The summed E-state index contributed by atoms with van der Waals surface area (Å²) in [5.41, 5.74) is 2.33. The summed E-state index contributed by atoms with van der Waals surface area (Å²) in [6.07, 6.45) is 0.715. The molecule has 1 heterocycles. The second-order valence-electron chi connectivity index (χ2n) is 14.9. The van der Waals surface area contributed by atoms with E-state index in [4.69, 9.17) is 0 Å². The molecule has 2 aromatic carbocycles. The molecule has 2 aromatic rings. The zero-order valence-corrected chi connectivity index (χ0v) is 39.7. The Morgan fingerprint density at radius 1 is 0.644 bits per heavy atom. The third-order valence-corrected chi connectivity index (χ3v) is 11.4. The van der Waals surface area contributed by atoms with Crippen LogP contribution < -0.4 is 26.0 Å². The van der Waals surface area contributed by atoms with Crippen LogP contribution in [0.15, 0.2) is 36.4 Å². The molecule has 1 saturated heterocycles. The first-order valence-electron chi connectivity index (χ1n) is 18.9. The van der Waals surface area contributed by atoms with Crippen LogP contribution in [0.4, 0.5) is 0 Å². The van der Waals surface area contributed by atoms with Crippen molar-refractivity contribution in [2.24, 2.45) is 5.92 Å². The molecule has 3 rings (SSSR count). The summed E-state index contributed by atoms with van der Waals surface area (Å²) in [6.45, 7) is 5.20. The Kier molecular flexibility index (Phi) is 23.5. The molecular weight excluding hydrogens is 1140 g/mol. The van der Waals surface area contributed by atoms with Gasteiger partial charge < -0.3 is 50.5 Å². The van der Waals surface area contributed by atoms with Crippen molar-refractivity contribution in [3.8, 4) is 5.75 Å². The number of aromatic hydroxyl groups is 1. The molecule has 59 heavy (non-hydrogen) atoms. The molecule has 0 spiro atoms. The zero-order valence-electron chi connectivity index (χ0n) is 33.1. The summed E-state index contributed by atoms with van der Waals surface area (Å²) < 4.78 is 0.988. The number of nitrogens with zero attached hydrogens (tertiary/aromatic N) is 4. The van der Waals surface area contributed by atoms with Gasteiger partial charge in [0.05, 0.1) is 31.0 Å². The van der Waals surface area contributed by atoms with Crippen molar-refractivity contribution in [2.45, 2.75) is 51.6 Å². The second-order valence-corrected chi connectivity index (χ2v) is 17.2. The van der Waals surface area contributed by atoms with Crippen molar-refractivity contribution in [3.05, 3.63) is 60.2 Å². The van der Waals surface area contributed by atoms with Crippen LogP contribution in [0.5, 0.6) is 5.75 Å². The van der Waals surface area contributed by atoms with Gasteiger partial charge in [0.25, 0.3) is 0 Å². The maximum atomic E-state index is 14.2. The number of phenolic OH excluding ortho intramolecular Hbond substituents is 1. The van der Waals surface area contributed by atoms with E-state index in [1.54, 1.807) is 33.8 Å². The van der Waals surface area contributed by atoms with E-state index >= 15 is 0 Å². The number of carboxylic acid groups (broad SMARTS) is 4. The summed E-state index contributed by atoms with van der Waals surface area (Å²) in [5.74, 6) is -6.96. The minimum atomic E-state index is -1.43. The van der Waals surface area contributed by atoms with Gasteiger partial charge >= 0.3 is 45.9 Å². The Bertz CT molecular complexity index is 1700. The summed E-state index contributed by atoms with van der Waals surface area (Å²) in [7, 11) is 0. The molecule has 0 aromatic heterocycles. The standard InChI is InChI=1S/C39H54I2N6O11.Gd/c1-24(2)16-26-4-6-28(7-5-26)25(3)37(55)43-32(38(56)42-31(39(57)58)19-27-17-29(40)36(54)30(41)18-27)20-44-8-10-45(21-33(48)49)12-14-47(23-35(52)53)15-13-46(11-9-44)22-34(50)51;/h4-7,17-18,24-25,31-32,54H,8-16,19-23H2,1-3H3,(H,42,56)(H,43,55)(H,48,49)(H,50,51)(H,52,53)(H,57,58);/q;+3/p-3/t25?,31-,32?;/m0./s1. The van der Waals surface area contributed by atoms with Gasteiger partial charge in [-0.05, 0) is 93.3 Å². The number of amides is 2. The second kappa shape index (κ2) is 26.2. The smallest absolute Gasteiger partial charge is 0.549 e. The van der Waals surface area contributed by atoms with Gasteiger partial charge in [-0.2, -0.15) is 0 Å². The number of halogens is 2. The fraction of sp³-hybridized carbons (Fsp3) is 0.538. The molecule has 0 aliphatic carbocycles. The fourth-order valence-electron chi connectivity index (χ4n) is 6.54. The molecule has 3 atom stereocenters. The first-order chi connectivity index (χ1) is 27.3. The van der Waals surface area contributed by atoms with Crippen molar-refractivity contribution >= 4 is 80.9 Å². The van der Waals surface area contributed by atoms with Crippen LogP contribution in [0, 0.1) is 53.0 Å². The largest absolute Gasteiger partial charge is 3.00 e. The molecule has 17 nitrogen and oxygen atoms in total. The minimum absolute atomic E-state index is 0. The van der Waals surface area contributed by atoms with Gasteiger partial charge in [0, 0.05) is 85.0 Å². The predicted octanol–water partition coefficient (Wildman–Crippen LogP) is -2.33. The molecule has 1 fully saturated rings. The molecule has 1 aliphatic rings. The molecule has 20 heteroatoms. The van der Waals surface area contributed by atoms with Crippen LogP contribution in [0.25, 0.3) is 0 Å². The van der Waals surface area contributed by atoms with Crippen molar-refractivity contribution in [1.82, 2.24) is 30.2 Å². The molecule has 325 valence electrons.